The van der Waals surface area contributed by atoms with Gasteiger partial charge in [-0.15, -0.1) is 0 Å². The molecule has 0 bridgehead atoms. The number of ketones is 1. The zero-order chi connectivity index (χ0) is 26.2. The van der Waals surface area contributed by atoms with Crippen molar-refractivity contribution in [1.82, 2.24) is 9.80 Å². The van der Waals surface area contributed by atoms with Gasteiger partial charge in [-0.3, -0.25) is 9.59 Å². The summed E-state index contributed by atoms with van der Waals surface area (Å²) in [6, 6.07) is 14.6. The Hall–Kier alpha value is -3.19. The second kappa shape index (κ2) is 10.3. The highest BCUT2D eigenvalue weighted by molar-refractivity contribution is 6.00. The van der Waals surface area contributed by atoms with Crippen molar-refractivity contribution in [3.63, 3.8) is 0 Å². The second-order valence-corrected chi connectivity index (χ2v) is 10.7. The fourth-order valence-corrected chi connectivity index (χ4v) is 6.49. The van der Waals surface area contributed by atoms with Crippen LogP contribution in [0.5, 0.6) is 0 Å². The van der Waals surface area contributed by atoms with Gasteiger partial charge in [-0.05, 0) is 63.7 Å². The molecule has 0 radical (unpaired) electrons. The molecule has 196 valence electrons. The van der Waals surface area contributed by atoms with E-state index >= 15 is 0 Å². The van der Waals surface area contributed by atoms with Gasteiger partial charge in [0, 0.05) is 49.1 Å². The number of nitrogens with zero attached hydrogens (tertiary/aromatic N) is 3. The molecular weight excluding hydrogens is 466 g/mol. The van der Waals surface area contributed by atoms with E-state index in [2.05, 4.69) is 23.1 Å². The van der Waals surface area contributed by atoms with Crippen molar-refractivity contribution in [1.29, 1.82) is 0 Å². The number of ether oxygens (including phenoxy) is 1. The van der Waals surface area contributed by atoms with Crippen LogP contribution in [0.1, 0.15) is 62.4 Å². The number of amides is 2. The van der Waals surface area contributed by atoms with Crippen LogP contribution in [0, 0.1) is 0 Å². The summed E-state index contributed by atoms with van der Waals surface area (Å²) in [6.07, 6.45) is 3.77. The number of carbonyl (C=O) groups excluding carboxylic acids is 3. The maximum Gasteiger partial charge on any atom is 0.409 e. The zero-order valence-electron chi connectivity index (χ0n) is 22.2. The molecule has 0 aromatic heterocycles. The van der Waals surface area contributed by atoms with Crippen LogP contribution in [0.25, 0.3) is 11.1 Å². The highest BCUT2D eigenvalue weighted by Crippen LogP contribution is 2.51. The smallest absolute Gasteiger partial charge is 0.409 e. The third-order valence-electron chi connectivity index (χ3n) is 8.58. The highest BCUT2D eigenvalue weighted by atomic mass is 16.6. The van der Waals surface area contributed by atoms with Crippen LogP contribution < -0.4 is 4.90 Å². The molecule has 3 heterocycles. The number of rotatable bonds is 4. The van der Waals surface area contributed by atoms with Crippen molar-refractivity contribution in [3.05, 3.63) is 53.6 Å². The van der Waals surface area contributed by atoms with Gasteiger partial charge in [-0.25, -0.2) is 4.79 Å². The Bertz CT molecular complexity index is 1180. The van der Waals surface area contributed by atoms with Crippen LogP contribution in [0.15, 0.2) is 42.5 Å². The van der Waals surface area contributed by atoms with E-state index in [9.17, 15) is 14.4 Å². The molecule has 5 rings (SSSR count). The van der Waals surface area contributed by atoms with Crippen LogP contribution >= 0.6 is 0 Å². The lowest BCUT2D eigenvalue weighted by Crippen LogP contribution is -2.52. The summed E-state index contributed by atoms with van der Waals surface area (Å²) in [7, 11) is 0. The van der Waals surface area contributed by atoms with Gasteiger partial charge in [-0.2, -0.15) is 0 Å². The number of Topliss-reactive ketones (excluding diaryl/α,β-unsaturated/α-hetero) is 1. The number of para-hydroxylation sites is 1. The SMILES string of the molecule is CCOC(=O)N1CCC(N2CCC3(CC2)CN(C(C)=O)c2c(-c4ccc(C(C)=O)cc4)cccc23)CC1. The number of benzene rings is 2. The van der Waals surface area contributed by atoms with Crippen LogP contribution in [-0.4, -0.2) is 73.0 Å². The Morgan fingerprint density at radius 1 is 0.946 bits per heavy atom. The van der Waals surface area contributed by atoms with E-state index in [4.69, 9.17) is 4.74 Å². The van der Waals surface area contributed by atoms with Crippen molar-refractivity contribution >= 4 is 23.5 Å². The fourth-order valence-electron chi connectivity index (χ4n) is 6.49. The molecule has 7 heteroatoms. The number of hydrogen-bond donors (Lipinski definition) is 0. The second-order valence-electron chi connectivity index (χ2n) is 10.7. The molecule has 3 aliphatic heterocycles. The van der Waals surface area contributed by atoms with E-state index in [-0.39, 0.29) is 23.2 Å². The maximum atomic E-state index is 12.8. The van der Waals surface area contributed by atoms with E-state index in [0.717, 1.165) is 75.2 Å². The first-order valence-corrected chi connectivity index (χ1v) is 13.5. The summed E-state index contributed by atoms with van der Waals surface area (Å²) in [5, 5.41) is 0. The third-order valence-corrected chi connectivity index (χ3v) is 8.58. The first kappa shape index (κ1) is 25.5. The average molecular weight is 504 g/mol. The van der Waals surface area contributed by atoms with Crippen molar-refractivity contribution in [3.8, 4) is 11.1 Å². The molecule has 2 amide bonds. The number of anilines is 1. The summed E-state index contributed by atoms with van der Waals surface area (Å²) >= 11 is 0. The maximum absolute atomic E-state index is 12.8. The first-order valence-electron chi connectivity index (χ1n) is 13.5. The van der Waals surface area contributed by atoms with Gasteiger partial charge in [0.15, 0.2) is 5.78 Å². The largest absolute Gasteiger partial charge is 0.450 e. The zero-order valence-corrected chi connectivity index (χ0v) is 22.2. The number of carbonyl (C=O) groups is 3. The van der Waals surface area contributed by atoms with Gasteiger partial charge in [-0.1, -0.05) is 42.5 Å². The minimum absolute atomic E-state index is 0.0432. The molecule has 37 heavy (non-hydrogen) atoms. The molecule has 2 aromatic rings. The first-order chi connectivity index (χ1) is 17.8. The molecule has 2 saturated heterocycles. The topological polar surface area (TPSA) is 70.2 Å². The van der Waals surface area contributed by atoms with Crippen LogP contribution in [0.2, 0.25) is 0 Å². The average Bonchev–Trinajstić information content (AvgIpc) is 3.24. The predicted octanol–water partition coefficient (Wildman–Crippen LogP) is 4.88. The Balaban J connectivity index is 1.34. The molecule has 2 fully saturated rings. The summed E-state index contributed by atoms with van der Waals surface area (Å²) < 4.78 is 5.17. The van der Waals surface area contributed by atoms with E-state index in [1.165, 1.54) is 5.56 Å². The van der Waals surface area contributed by atoms with Crippen LogP contribution in [-0.2, 0) is 14.9 Å². The molecule has 3 aliphatic rings. The number of fused-ring (bicyclic) bond motifs is 2. The summed E-state index contributed by atoms with van der Waals surface area (Å²) in [4.78, 5) is 43.1. The van der Waals surface area contributed by atoms with Gasteiger partial charge >= 0.3 is 6.09 Å². The Morgan fingerprint density at radius 2 is 1.62 bits per heavy atom. The van der Waals surface area contributed by atoms with Gasteiger partial charge < -0.3 is 19.4 Å². The highest BCUT2D eigenvalue weighted by Gasteiger charge is 2.47. The van der Waals surface area contributed by atoms with Crippen molar-refractivity contribution in [2.75, 3.05) is 44.2 Å². The minimum atomic E-state index is -0.197. The van der Waals surface area contributed by atoms with Crippen molar-refractivity contribution in [2.45, 2.75) is 57.9 Å². The Kier molecular flexibility index (Phi) is 7.08. The molecule has 0 unspecified atom stereocenters. The van der Waals surface area contributed by atoms with Gasteiger partial charge in [0.25, 0.3) is 0 Å². The molecular formula is C30H37N3O4. The lowest BCUT2D eigenvalue weighted by Gasteiger charge is -2.45. The van der Waals surface area contributed by atoms with Crippen LogP contribution in [0.3, 0.4) is 0 Å². The minimum Gasteiger partial charge on any atom is -0.450 e. The van der Waals surface area contributed by atoms with E-state index in [1.807, 2.05) is 41.0 Å². The monoisotopic (exact) mass is 503 g/mol. The quantitative estimate of drug-likeness (QED) is 0.557. The molecule has 2 aromatic carbocycles. The normalized spacial score (nSPS) is 19.6. The molecule has 1 spiro atoms. The van der Waals surface area contributed by atoms with Crippen molar-refractivity contribution in [2.24, 2.45) is 0 Å². The standard InChI is InChI=1S/C30H37N3O4/c1-4-37-29(36)32-16-12-25(13-17-32)31-18-14-30(15-19-31)20-33(22(3)35)28-26(6-5-7-27(28)30)24-10-8-23(9-11-24)21(2)34/h5-11,25H,4,12-20H2,1-3H3. The molecule has 0 saturated carbocycles. The van der Waals surface area contributed by atoms with Gasteiger partial charge in [0.1, 0.15) is 0 Å². The Labute approximate surface area is 219 Å². The fraction of sp³-hybridized carbons (Fsp3) is 0.500. The van der Waals surface area contributed by atoms with Gasteiger partial charge in [0.05, 0.1) is 12.3 Å². The third kappa shape index (κ3) is 4.77. The molecule has 7 nitrogen and oxygen atoms in total. The number of piperidine rings is 2. The molecule has 0 aliphatic carbocycles. The van der Waals surface area contributed by atoms with Crippen LogP contribution in [0.4, 0.5) is 10.5 Å². The summed E-state index contributed by atoms with van der Waals surface area (Å²) in [5.74, 6) is 0.118. The number of likely N-dealkylation sites (tertiary alicyclic amines) is 2. The molecule has 0 atom stereocenters. The van der Waals surface area contributed by atoms with E-state index in [0.29, 0.717) is 18.2 Å². The van der Waals surface area contributed by atoms with Crippen molar-refractivity contribution < 1.29 is 19.1 Å². The molecule has 0 N–H and O–H groups in total. The van der Waals surface area contributed by atoms with E-state index in [1.54, 1.807) is 13.8 Å². The number of hydrogen-bond acceptors (Lipinski definition) is 5. The predicted molar refractivity (Wildman–Crippen MR) is 144 cm³/mol. The lowest BCUT2D eigenvalue weighted by molar-refractivity contribution is -0.116. The summed E-state index contributed by atoms with van der Waals surface area (Å²) in [5.41, 5.74) is 5.02. The Morgan fingerprint density at radius 3 is 2.22 bits per heavy atom. The lowest BCUT2D eigenvalue weighted by atomic mass is 9.73. The summed E-state index contributed by atoms with van der Waals surface area (Å²) in [6.45, 7) is 9.69. The van der Waals surface area contributed by atoms with E-state index < -0.39 is 0 Å². The van der Waals surface area contributed by atoms with Gasteiger partial charge in [0.2, 0.25) is 5.91 Å².